The van der Waals surface area contributed by atoms with E-state index in [9.17, 15) is 13.2 Å². The summed E-state index contributed by atoms with van der Waals surface area (Å²) < 4.78 is 27.7. The number of aromatic nitrogens is 2. The van der Waals surface area contributed by atoms with Gasteiger partial charge in [-0.2, -0.15) is 0 Å². The van der Waals surface area contributed by atoms with Gasteiger partial charge in [0.2, 0.25) is 10.0 Å². The summed E-state index contributed by atoms with van der Waals surface area (Å²) in [5, 5.41) is 3.05. The molecule has 2 aromatic rings. The molecule has 3 rings (SSSR count). The molecule has 0 bridgehead atoms. The van der Waals surface area contributed by atoms with Crippen LogP contribution in [0.15, 0.2) is 30.6 Å². The highest BCUT2D eigenvalue weighted by Gasteiger charge is 2.26. The number of carbonyl (C=O) groups excluding carboxylic acids is 1. The van der Waals surface area contributed by atoms with Crippen LogP contribution in [0.25, 0.3) is 0 Å². The van der Waals surface area contributed by atoms with Crippen LogP contribution in [0.1, 0.15) is 29.0 Å². The van der Waals surface area contributed by atoms with Crippen molar-refractivity contribution in [3.8, 4) is 0 Å². The Bertz CT molecular complexity index is 910. The average molecular weight is 397 g/mol. The third-order valence-electron chi connectivity index (χ3n) is 4.40. The number of rotatable bonds is 5. The molecule has 140 valence electrons. The molecular formula is C17H21ClN4O3S. The third-order valence-corrected chi connectivity index (χ3v) is 6.58. The number of anilines is 1. The van der Waals surface area contributed by atoms with Gasteiger partial charge in [-0.3, -0.25) is 9.10 Å². The van der Waals surface area contributed by atoms with Crippen molar-refractivity contribution < 1.29 is 13.2 Å². The van der Waals surface area contributed by atoms with E-state index in [2.05, 4.69) is 10.3 Å². The normalized spacial score (nSPS) is 16.5. The first kappa shape index (κ1) is 18.7. The minimum absolute atomic E-state index is 0.139. The molecule has 1 aliphatic rings. The minimum Gasteiger partial charge on any atom is -0.350 e. The second-order valence-electron chi connectivity index (χ2n) is 6.18. The highest BCUT2D eigenvalue weighted by atomic mass is 35.5. The Balaban J connectivity index is 1.67. The van der Waals surface area contributed by atoms with Gasteiger partial charge in [0, 0.05) is 32.0 Å². The van der Waals surface area contributed by atoms with Gasteiger partial charge in [-0.15, -0.1) is 0 Å². The SMILES string of the molecule is Cc1nccn1CCNC(=O)c1ccc(N2CCCCS2(=O)=O)cc1Cl. The number of nitrogens with one attached hydrogen (secondary N) is 1. The molecule has 7 nitrogen and oxygen atoms in total. The van der Waals surface area contributed by atoms with E-state index in [0.29, 0.717) is 37.3 Å². The predicted octanol–water partition coefficient (Wildman–Crippen LogP) is 2.20. The summed E-state index contributed by atoms with van der Waals surface area (Å²) >= 11 is 6.24. The highest BCUT2D eigenvalue weighted by molar-refractivity contribution is 7.92. The summed E-state index contributed by atoms with van der Waals surface area (Å²) in [5.74, 6) is 0.728. The number of amides is 1. The number of nitrogens with zero attached hydrogens (tertiary/aromatic N) is 3. The molecule has 1 saturated heterocycles. The number of sulfonamides is 1. The van der Waals surface area contributed by atoms with Crippen LogP contribution in [-0.4, -0.2) is 42.7 Å². The molecule has 26 heavy (non-hydrogen) atoms. The smallest absolute Gasteiger partial charge is 0.252 e. The Morgan fingerprint density at radius 2 is 2.15 bits per heavy atom. The number of benzene rings is 1. The number of halogens is 1. The molecule has 1 amide bonds. The number of hydrogen-bond acceptors (Lipinski definition) is 4. The van der Waals surface area contributed by atoms with E-state index in [4.69, 9.17) is 11.6 Å². The molecule has 1 aliphatic heterocycles. The second-order valence-corrected chi connectivity index (χ2v) is 8.60. The topological polar surface area (TPSA) is 84.3 Å². The molecule has 0 aliphatic carbocycles. The lowest BCUT2D eigenvalue weighted by atomic mass is 10.2. The van der Waals surface area contributed by atoms with Crippen LogP contribution in [0.2, 0.25) is 5.02 Å². The fourth-order valence-electron chi connectivity index (χ4n) is 2.95. The molecule has 1 aromatic carbocycles. The molecule has 0 unspecified atom stereocenters. The quantitative estimate of drug-likeness (QED) is 0.839. The van der Waals surface area contributed by atoms with Gasteiger partial charge in [0.1, 0.15) is 5.82 Å². The second kappa shape index (κ2) is 7.67. The zero-order valence-electron chi connectivity index (χ0n) is 14.5. The van der Waals surface area contributed by atoms with Gasteiger partial charge < -0.3 is 9.88 Å². The van der Waals surface area contributed by atoms with Crippen molar-refractivity contribution >= 4 is 33.2 Å². The lowest BCUT2D eigenvalue weighted by Gasteiger charge is -2.28. The molecule has 0 radical (unpaired) electrons. The first-order valence-corrected chi connectivity index (χ1v) is 10.4. The summed E-state index contributed by atoms with van der Waals surface area (Å²) in [4.78, 5) is 16.5. The Hall–Kier alpha value is -2.06. The van der Waals surface area contributed by atoms with E-state index in [1.807, 2.05) is 17.7 Å². The summed E-state index contributed by atoms with van der Waals surface area (Å²) in [5.41, 5.74) is 0.826. The van der Waals surface area contributed by atoms with Gasteiger partial charge in [0.15, 0.2) is 0 Å². The van der Waals surface area contributed by atoms with Gasteiger partial charge in [0.25, 0.3) is 5.91 Å². The number of carbonyl (C=O) groups is 1. The lowest BCUT2D eigenvalue weighted by molar-refractivity contribution is 0.0952. The van der Waals surface area contributed by atoms with E-state index < -0.39 is 10.0 Å². The molecule has 2 heterocycles. The number of aryl methyl sites for hydroxylation is 1. The first-order valence-electron chi connectivity index (χ1n) is 8.44. The number of hydrogen-bond donors (Lipinski definition) is 1. The Kier molecular flexibility index (Phi) is 5.52. The summed E-state index contributed by atoms with van der Waals surface area (Å²) in [6.07, 6.45) is 5.04. The van der Waals surface area contributed by atoms with Gasteiger partial charge in [-0.05, 0) is 38.0 Å². The van der Waals surface area contributed by atoms with Crippen LogP contribution in [0, 0.1) is 6.92 Å². The maximum absolute atomic E-state index is 12.3. The van der Waals surface area contributed by atoms with Crippen molar-refractivity contribution in [1.82, 2.24) is 14.9 Å². The van der Waals surface area contributed by atoms with Crippen molar-refractivity contribution in [2.75, 3.05) is 23.1 Å². The zero-order valence-corrected chi connectivity index (χ0v) is 16.1. The Labute approximate surface area is 158 Å². The van der Waals surface area contributed by atoms with Crippen LogP contribution >= 0.6 is 11.6 Å². The van der Waals surface area contributed by atoms with Gasteiger partial charge in [-0.25, -0.2) is 13.4 Å². The third kappa shape index (κ3) is 4.02. The minimum atomic E-state index is -3.30. The summed E-state index contributed by atoms with van der Waals surface area (Å²) in [7, 11) is -3.30. The van der Waals surface area contributed by atoms with Crippen molar-refractivity contribution in [1.29, 1.82) is 0 Å². The van der Waals surface area contributed by atoms with Crippen LogP contribution in [0.3, 0.4) is 0 Å². The molecule has 9 heteroatoms. The maximum Gasteiger partial charge on any atom is 0.252 e. The van der Waals surface area contributed by atoms with Crippen LogP contribution < -0.4 is 9.62 Å². The fraction of sp³-hybridized carbons (Fsp3) is 0.412. The van der Waals surface area contributed by atoms with E-state index >= 15 is 0 Å². The van der Waals surface area contributed by atoms with E-state index in [1.165, 1.54) is 4.31 Å². The molecule has 0 saturated carbocycles. The fourth-order valence-corrected chi connectivity index (χ4v) is 4.84. The van der Waals surface area contributed by atoms with Crippen LogP contribution in [0.5, 0.6) is 0 Å². The van der Waals surface area contributed by atoms with Crippen molar-refractivity contribution in [3.63, 3.8) is 0 Å². The van der Waals surface area contributed by atoms with Crippen LogP contribution in [-0.2, 0) is 16.6 Å². The van der Waals surface area contributed by atoms with E-state index in [1.54, 1.807) is 24.4 Å². The van der Waals surface area contributed by atoms with Gasteiger partial charge in [-0.1, -0.05) is 11.6 Å². The van der Waals surface area contributed by atoms with Gasteiger partial charge in [0.05, 0.1) is 22.0 Å². The molecule has 1 N–H and O–H groups in total. The molecule has 1 aromatic heterocycles. The summed E-state index contributed by atoms with van der Waals surface area (Å²) in [6, 6.07) is 4.74. The van der Waals surface area contributed by atoms with E-state index in [-0.39, 0.29) is 16.7 Å². The average Bonchev–Trinajstić information content (AvgIpc) is 2.99. The van der Waals surface area contributed by atoms with Crippen molar-refractivity contribution in [3.05, 3.63) is 47.0 Å². The zero-order chi connectivity index (χ0) is 18.7. The molecule has 1 fully saturated rings. The van der Waals surface area contributed by atoms with E-state index in [0.717, 1.165) is 12.2 Å². The van der Waals surface area contributed by atoms with Crippen LogP contribution in [0.4, 0.5) is 5.69 Å². The monoisotopic (exact) mass is 396 g/mol. The standard InChI is InChI=1S/C17H21ClN4O3S/c1-13-19-6-9-21(13)10-7-20-17(23)15-5-4-14(12-16(15)18)22-8-2-3-11-26(22,24)25/h4-6,9,12H,2-3,7-8,10-11H2,1H3,(H,20,23). The molecule has 0 atom stereocenters. The lowest BCUT2D eigenvalue weighted by Crippen LogP contribution is -2.37. The largest absolute Gasteiger partial charge is 0.350 e. The van der Waals surface area contributed by atoms with Crippen molar-refractivity contribution in [2.24, 2.45) is 0 Å². The number of imidazole rings is 1. The molecular weight excluding hydrogens is 376 g/mol. The Morgan fingerprint density at radius 3 is 2.81 bits per heavy atom. The maximum atomic E-state index is 12.3. The Morgan fingerprint density at radius 1 is 1.35 bits per heavy atom. The first-order chi connectivity index (χ1) is 12.4. The van der Waals surface area contributed by atoms with Gasteiger partial charge >= 0.3 is 0 Å². The molecule has 0 spiro atoms. The van der Waals surface area contributed by atoms with Crippen molar-refractivity contribution in [2.45, 2.75) is 26.3 Å². The predicted molar refractivity (Wildman–Crippen MR) is 101 cm³/mol. The summed E-state index contributed by atoms with van der Waals surface area (Å²) in [6.45, 7) is 3.38. The highest BCUT2D eigenvalue weighted by Crippen LogP contribution is 2.28.